The number of halogens is 1. The Balaban J connectivity index is 2.00. The fourth-order valence-corrected chi connectivity index (χ4v) is 6.68. The zero-order chi connectivity index (χ0) is 26.3. The van der Waals surface area contributed by atoms with Gasteiger partial charge in [-0.25, -0.2) is 9.18 Å². The lowest BCUT2D eigenvalue weighted by Gasteiger charge is -2.40. The monoisotopic (exact) mass is 506 g/mol. The second-order valence-corrected chi connectivity index (χ2v) is 10.8. The van der Waals surface area contributed by atoms with Gasteiger partial charge in [0.15, 0.2) is 5.60 Å². The van der Waals surface area contributed by atoms with E-state index in [1.165, 1.54) is 44.3 Å². The number of rotatable bonds is 8. The molecule has 1 aliphatic carbocycles. The van der Waals surface area contributed by atoms with Crippen LogP contribution in [-0.2, 0) is 20.3 Å². The van der Waals surface area contributed by atoms with Gasteiger partial charge < -0.3 is 10.2 Å². The number of carbonyl (C=O) groups is 1. The van der Waals surface area contributed by atoms with Crippen molar-refractivity contribution in [2.75, 3.05) is 7.11 Å². The highest BCUT2D eigenvalue weighted by Gasteiger charge is 2.75. The van der Waals surface area contributed by atoms with Crippen molar-refractivity contribution in [2.45, 2.75) is 36.9 Å². The molecule has 2 N–H and O–H groups in total. The van der Waals surface area contributed by atoms with Crippen LogP contribution in [0.25, 0.3) is 11.3 Å². The molecule has 8 heteroatoms. The van der Waals surface area contributed by atoms with Crippen LogP contribution < -0.4 is 0 Å². The summed E-state index contributed by atoms with van der Waals surface area (Å²) in [6, 6.07) is 14.9. The summed E-state index contributed by atoms with van der Waals surface area (Å²) < 4.78 is 32.2. The number of hydrogen-bond acceptors (Lipinski definition) is 5. The van der Waals surface area contributed by atoms with Gasteiger partial charge in [-0.1, -0.05) is 62.2 Å². The summed E-state index contributed by atoms with van der Waals surface area (Å²) in [6.45, 7) is 3.03. The second-order valence-electron chi connectivity index (χ2n) is 9.17. The van der Waals surface area contributed by atoms with Gasteiger partial charge in [-0.3, -0.25) is 4.98 Å². The Labute approximate surface area is 210 Å². The SMILES string of the molecule is C#CC(O)(C(c1ccc(F)cc1)c1cnc2c(c1)Cc1ccccc1-2)C(C(=O)O)(C(C)C)[P+](=O)OC. The first kappa shape index (κ1) is 25.7. The molecule has 184 valence electrons. The van der Waals surface area contributed by atoms with E-state index < -0.39 is 42.4 Å². The molecular weight excluding hydrogens is 480 g/mol. The molecule has 0 fully saturated rings. The number of aliphatic hydroxyl groups is 1. The standard InChI is InChI=1S/C28H25FNO5P/c1-5-27(33,28(17(2)3,26(31)32)36(34)35-4)24(18-10-12-22(29)13-11-18)21-15-20-14-19-8-6-7-9-23(19)25(20)30-16-21/h1,6-13,15-17,24,33H,14H2,2-4H3/p+1. The van der Waals surface area contributed by atoms with Crippen molar-refractivity contribution in [2.24, 2.45) is 5.92 Å². The third kappa shape index (κ3) is 3.74. The van der Waals surface area contributed by atoms with E-state index in [9.17, 15) is 24.0 Å². The number of aromatic nitrogens is 1. The number of benzene rings is 2. The molecule has 0 amide bonds. The number of fused-ring (bicyclic) bond motifs is 3. The van der Waals surface area contributed by atoms with Crippen molar-refractivity contribution in [3.63, 3.8) is 0 Å². The van der Waals surface area contributed by atoms with E-state index >= 15 is 0 Å². The average Bonchev–Trinajstić information content (AvgIpc) is 3.23. The third-order valence-corrected chi connectivity index (χ3v) is 8.97. The third-order valence-electron chi connectivity index (χ3n) is 7.01. The summed E-state index contributed by atoms with van der Waals surface area (Å²) in [4.78, 5) is 17.5. The molecule has 4 unspecified atom stereocenters. The van der Waals surface area contributed by atoms with Crippen molar-refractivity contribution in [3.05, 3.63) is 88.9 Å². The van der Waals surface area contributed by atoms with Crippen molar-refractivity contribution in [3.8, 4) is 23.6 Å². The van der Waals surface area contributed by atoms with Crippen LogP contribution in [0.4, 0.5) is 4.39 Å². The predicted molar refractivity (Wildman–Crippen MR) is 134 cm³/mol. The minimum Gasteiger partial charge on any atom is -0.477 e. The van der Waals surface area contributed by atoms with E-state index in [1.807, 2.05) is 30.3 Å². The first-order valence-electron chi connectivity index (χ1n) is 11.4. The highest BCUT2D eigenvalue weighted by molar-refractivity contribution is 7.42. The Bertz CT molecular complexity index is 1380. The van der Waals surface area contributed by atoms with Crippen LogP contribution in [0.2, 0.25) is 0 Å². The molecule has 0 aliphatic heterocycles. The zero-order valence-electron chi connectivity index (χ0n) is 20.1. The highest BCUT2D eigenvalue weighted by Crippen LogP contribution is 2.57. The summed E-state index contributed by atoms with van der Waals surface area (Å²) in [5, 5.41) is 20.3. The van der Waals surface area contributed by atoms with Gasteiger partial charge in [-0.05, 0) is 39.0 Å². The quantitative estimate of drug-likeness (QED) is 0.253. The lowest BCUT2D eigenvalue weighted by atomic mass is 9.67. The Morgan fingerprint density at radius 2 is 1.83 bits per heavy atom. The molecule has 0 bridgehead atoms. The zero-order valence-corrected chi connectivity index (χ0v) is 21.0. The molecule has 36 heavy (non-hydrogen) atoms. The van der Waals surface area contributed by atoms with E-state index in [1.54, 1.807) is 0 Å². The molecule has 0 radical (unpaired) electrons. The molecule has 1 aromatic heterocycles. The van der Waals surface area contributed by atoms with E-state index in [0.717, 1.165) is 29.5 Å². The number of terminal acetylenes is 1. The molecule has 1 heterocycles. The second kappa shape index (κ2) is 9.55. The molecule has 0 spiro atoms. The van der Waals surface area contributed by atoms with Crippen LogP contribution in [0.1, 0.15) is 42.0 Å². The lowest BCUT2D eigenvalue weighted by Crippen LogP contribution is -2.62. The number of carboxylic acid groups (broad SMARTS) is 1. The minimum atomic E-state index is -3.00. The number of aliphatic carboxylic acids is 1. The fourth-order valence-electron chi connectivity index (χ4n) is 5.34. The summed E-state index contributed by atoms with van der Waals surface area (Å²) in [6.07, 6.45) is 8.03. The maximum absolute atomic E-state index is 13.9. The molecule has 0 saturated carbocycles. The van der Waals surface area contributed by atoms with Crippen LogP contribution in [0.3, 0.4) is 0 Å². The predicted octanol–water partition coefficient (Wildman–Crippen LogP) is 5.16. The normalized spacial score (nSPS) is 16.8. The summed E-state index contributed by atoms with van der Waals surface area (Å²) in [5.41, 5.74) is 1.96. The van der Waals surface area contributed by atoms with Crippen molar-refractivity contribution in [1.29, 1.82) is 0 Å². The topological polar surface area (TPSA) is 96.7 Å². The molecule has 1 aliphatic rings. The fraction of sp³-hybridized carbons (Fsp3) is 0.286. The van der Waals surface area contributed by atoms with Gasteiger partial charge in [-0.2, -0.15) is 0 Å². The van der Waals surface area contributed by atoms with Gasteiger partial charge in [0.1, 0.15) is 5.82 Å². The Hall–Kier alpha value is -3.43. The molecule has 0 saturated heterocycles. The van der Waals surface area contributed by atoms with Gasteiger partial charge in [0.2, 0.25) is 0 Å². The molecule has 4 atom stereocenters. The molecule has 6 nitrogen and oxygen atoms in total. The average molecular weight is 506 g/mol. The van der Waals surface area contributed by atoms with Crippen LogP contribution in [0.5, 0.6) is 0 Å². The maximum Gasteiger partial charge on any atom is 0.530 e. The van der Waals surface area contributed by atoms with Crippen LogP contribution in [0, 0.1) is 24.1 Å². The molecule has 3 aromatic rings. The highest BCUT2D eigenvalue weighted by atomic mass is 31.1. The van der Waals surface area contributed by atoms with Crippen molar-refractivity contribution in [1.82, 2.24) is 4.98 Å². The van der Waals surface area contributed by atoms with Crippen molar-refractivity contribution < 1.29 is 28.5 Å². The Kier molecular flexibility index (Phi) is 6.81. The van der Waals surface area contributed by atoms with E-state index in [0.29, 0.717) is 17.5 Å². The largest absolute Gasteiger partial charge is 0.530 e. The van der Waals surface area contributed by atoms with Crippen LogP contribution in [-0.4, -0.2) is 39.0 Å². The molecule has 4 rings (SSSR count). The maximum atomic E-state index is 13.9. The van der Waals surface area contributed by atoms with Gasteiger partial charge in [0, 0.05) is 24.1 Å². The van der Waals surface area contributed by atoms with Gasteiger partial charge in [-0.15, -0.1) is 10.9 Å². The van der Waals surface area contributed by atoms with Crippen LogP contribution in [0.15, 0.2) is 60.8 Å². The van der Waals surface area contributed by atoms with Gasteiger partial charge in [0.25, 0.3) is 0 Å². The number of hydrogen-bond donors (Lipinski definition) is 2. The summed E-state index contributed by atoms with van der Waals surface area (Å²) in [7, 11) is -1.89. The Morgan fingerprint density at radius 3 is 2.42 bits per heavy atom. The number of nitrogens with zero attached hydrogens (tertiary/aromatic N) is 1. The van der Waals surface area contributed by atoms with E-state index in [2.05, 4.69) is 10.9 Å². The van der Waals surface area contributed by atoms with Gasteiger partial charge >= 0.3 is 19.2 Å². The van der Waals surface area contributed by atoms with Crippen LogP contribution >= 0.6 is 8.03 Å². The van der Waals surface area contributed by atoms with Gasteiger partial charge in [0.05, 0.1) is 18.7 Å². The first-order valence-corrected chi connectivity index (χ1v) is 12.6. The molecular formula is C28H26FNO5P+. The number of pyridine rings is 1. The minimum absolute atomic E-state index is 0.347. The Morgan fingerprint density at radius 1 is 1.17 bits per heavy atom. The number of carboxylic acids is 1. The lowest BCUT2D eigenvalue weighted by molar-refractivity contribution is -0.149. The first-order chi connectivity index (χ1) is 17.1. The van der Waals surface area contributed by atoms with Crippen molar-refractivity contribution >= 4 is 14.0 Å². The summed E-state index contributed by atoms with van der Waals surface area (Å²) >= 11 is 0. The van der Waals surface area contributed by atoms with E-state index in [-0.39, 0.29) is 0 Å². The smallest absolute Gasteiger partial charge is 0.477 e. The molecule has 2 aromatic carbocycles. The summed E-state index contributed by atoms with van der Waals surface area (Å²) in [5.74, 6) is -1.91. The van der Waals surface area contributed by atoms with E-state index in [4.69, 9.17) is 10.9 Å².